The number of thiazole rings is 1. The van der Waals surface area contributed by atoms with Crippen LogP contribution in [0.4, 0.5) is 0 Å². The number of carbonyl (C=O) groups excluding carboxylic acids is 1. The van der Waals surface area contributed by atoms with Gasteiger partial charge in [0.2, 0.25) is 0 Å². The van der Waals surface area contributed by atoms with Crippen LogP contribution in [0.25, 0.3) is 10.2 Å². The average Bonchev–Trinajstić information content (AvgIpc) is 2.95. The predicted octanol–water partition coefficient (Wildman–Crippen LogP) is 3.31. The minimum Gasteiger partial charge on any atom is -0.460 e. The van der Waals surface area contributed by atoms with E-state index >= 15 is 0 Å². The van der Waals surface area contributed by atoms with Crippen LogP contribution in [0.2, 0.25) is 0 Å². The molecule has 0 amide bonds. The molecule has 0 atom stereocenters. The van der Waals surface area contributed by atoms with Gasteiger partial charge in [-0.05, 0) is 17.7 Å². The minimum atomic E-state index is -0.219. The fraction of sp³-hybridized carbons (Fsp3) is 0.125. The first-order valence-corrected chi connectivity index (χ1v) is 8.29. The topological polar surface area (TPSA) is 70.7 Å². The fourth-order valence-electron chi connectivity index (χ4n) is 1.81. The van der Waals surface area contributed by atoms with Crippen molar-refractivity contribution in [1.82, 2.24) is 4.98 Å². The van der Waals surface area contributed by atoms with Crippen LogP contribution in [0.15, 0.2) is 58.9 Å². The summed E-state index contributed by atoms with van der Waals surface area (Å²) in [6.45, 7) is 0.320. The van der Waals surface area contributed by atoms with Gasteiger partial charge in [-0.3, -0.25) is 4.79 Å². The largest absolute Gasteiger partial charge is 0.460 e. The van der Waals surface area contributed by atoms with Crippen molar-refractivity contribution in [2.24, 2.45) is 0 Å². The Morgan fingerprint density at radius 1 is 1.09 bits per heavy atom. The number of thioether (sulfide) groups is 1. The van der Waals surface area contributed by atoms with Crippen LogP contribution in [0, 0.1) is 0 Å². The monoisotopic (exact) mass is 333 g/mol. The Balaban J connectivity index is 0.00000176. The number of aromatic nitrogens is 1. The quantitative estimate of drug-likeness (QED) is 0.530. The zero-order valence-electron chi connectivity index (χ0n) is 11.7. The Kier molecular flexibility index (Phi) is 5.94. The zero-order valence-corrected chi connectivity index (χ0v) is 13.3. The Hall–Kier alpha value is -1.89. The van der Waals surface area contributed by atoms with E-state index in [2.05, 4.69) is 4.98 Å². The maximum absolute atomic E-state index is 11.7. The van der Waals surface area contributed by atoms with Crippen molar-refractivity contribution in [3.63, 3.8) is 0 Å². The molecule has 4 nitrogen and oxygen atoms in total. The van der Waals surface area contributed by atoms with Gasteiger partial charge in [0.1, 0.15) is 6.61 Å². The lowest BCUT2D eigenvalue weighted by Crippen LogP contribution is -2.07. The second-order valence-corrected chi connectivity index (χ2v) is 6.64. The molecule has 114 valence electrons. The second kappa shape index (κ2) is 7.93. The summed E-state index contributed by atoms with van der Waals surface area (Å²) in [5.41, 5.74) is 1.97. The summed E-state index contributed by atoms with van der Waals surface area (Å²) in [6, 6.07) is 17.6. The van der Waals surface area contributed by atoms with Gasteiger partial charge in [0, 0.05) is 0 Å². The number of ether oxygens (including phenoxy) is 1. The summed E-state index contributed by atoms with van der Waals surface area (Å²) in [4.78, 5) is 16.2. The first-order valence-electron chi connectivity index (χ1n) is 6.49. The summed E-state index contributed by atoms with van der Waals surface area (Å²) in [7, 11) is 0. The molecule has 1 heterocycles. The van der Waals surface area contributed by atoms with Crippen LogP contribution in [-0.4, -0.2) is 22.2 Å². The maximum Gasteiger partial charge on any atom is 0.316 e. The number of benzene rings is 2. The summed E-state index contributed by atoms with van der Waals surface area (Å²) >= 11 is 3.02. The lowest BCUT2D eigenvalue weighted by molar-refractivity contribution is -0.141. The van der Waals surface area contributed by atoms with Gasteiger partial charge in [0.25, 0.3) is 0 Å². The van der Waals surface area contributed by atoms with Crippen molar-refractivity contribution in [1.29, 1.82) is 0 Å². The van der Waals surface area contributed by atoms with E-state index in [9.17, 15) is 4.79 Å². The first kappa shape index (κ1) is 16.5. The van der Waals surface area contributed by atoms with Gasteiger partial charge in [-0.2, -0.15) is 0 Å². The van der Waals surface area contributed by atoms with Crippen molar-refractivity contribution in [2.45, 2.75) is 10.9 Å². The van der Waals surface area contributed by atoms with Crippen molar-refractivity contribution in [3.05, 3.63) is 60.2 Å². The molecule has 0 aliphatic heterocycles. The maximum atomic E-state index is 11.7. The third-order valence-corrected chi connectivity index (χ3v) is 4.98. The summed E-state index contributed by atoms with van der Waals surface area (Å²) in [6.07, 6.45) is 0. The Morgan fingerprint density at radius 3 is 2.59 bits per heavy atom. The predicted molar refractivity (Wildman–Crippen MR) is 90.2 cm³/mol. The Bertz CT molecular complexity index is 710. The van der Waals surface area contributed by atoms with E-state index in [1.54, 1.807) is 11.3 Å². The van der Waals surface area contributed by atoms with Crippen LogP contribution < -0.4 is 0 Å². The molecule has 22 heavy (non-hydrogen) atoms. The number of rotatable bonds is 5. The molecule has 0 aliphatic rings. The molecular weight excluding hydrogens is 318 g/mol. The van der Waals surface area contributed by atoms with E-state index < -0.39 is 0 Å². The summed E-state index contributed by atoms with van der Waals surface area (Å²) in [5.74, 6) is 0.0650. The van der Waals surface area contributed by atoms with Crippen LogP contribution in [0.1, 0.15) is 5.56 Å². The average molecular weight is 333 g/mol. The molecule has 2 aromatic carbocycles. The molecule has 0 bridgehead atoms. The van der Waals surface area contributed by atoms with Crippen LogP contribution in [-0.2, 0) is 16.1 Å². The number of carbonyl (C=O) groups is 1. The minimum absolute atomic E-state index is 0. The zero-order chi connectivity index (χ0) is 14.5. The highest BCUT2D eigenvalue weighted by Crippen LogP contribution is 2.29. The molecule has 0 saturated heterocycles. The molecular formula is C16H15NO3S2. The third kappa shape index (κ3) is 4.30. The lowest BCUT2D eigenvalue weighted by Gasteiger charge is -2.03. The van der Waals surface area contributed by atoms with E-state index in [1.165, 1.54) is 11.8 Å². The number of fused-ring (bicyclic) bond motifs is 1. The van der Waals surface area contributed by atoms with E-state index in [1.807, 2.05) is 54.6 Å². The highest BCUT2D eigenvalue weighted by Gasteiger charge is 2.08. The number of nitrogens with zero attached hydrogens (tertiary/aromatic N) is 1. The van der Waals surface area contributed by atoms with Crippen molar-refractivity contribution in [2.75, 3.05) is 5.75 Å². The van der Waals surface area contributed by atoms with Crippen LogP contribution >= 0.6 is 23.1 Å². The van der Waals surface area contributed by atoms with E-state index in [0.29, 0.717) is 6.61 Å². The van der Waals surface area contributed by atoms with Gasteiger partial charge in [-0.15, -0.1) is 11.3 Å². The highest BCUT2D eigenvalue weighted by molar-refractivity contribution is 8.01. The Labute approximate surface area is 136 Å². The molecule has 6 heteroatoms. The molecule has 1 aromatic heterocycles. The number of para-hydroxylation sites is 1. The van der Waals surface area contributed by atoms with Crippen LogP contribution in [0.3, 0.4) is 0 Å². The second-order valence-electron chi connectivity index (χ2n) is 4.38. The molecule has 3 aromatic rings. The first-order chi connectivity index (χ1) is 10.3. The van der Waals surface area contributed by atoms with Crippen LogP contribution in [0.5, 0.6) is 0 Å². The molecule has 0 aliphatic carbocycles. The summed E-state index contributed by atoms with van der Waals surface area (Å²) in [5, 5.41) is 0. The normalized spacial score (nSPS) is 10.2. The molecule has 0 spiro atoms. The molecule has 3 rings (SSSR count). The Morgan fingerprint density at radius 2 is 1.82 bits per heavy atom. The SMILES string of the molecule is O.O=C(CSc1nc2ccccc2s1)OCc1ccccc1. The van der Waals surface area contributed by atoms with Crippen molar-refractivity contribution in [3.8, 4) is 0 Å². The third-order valence-electron chi connectivity index (χ3n) is 2.83. The molecule has 0 saturated carbocycles. The number of esters is 1. The van der Waals surface area contributed by atoms with Crippen molar-refractivity contribution < 1.29 is 15.0 Å². The number of hydrogen-bond acceptors (Lipinski definition) is 5. The molecule has 0 fully saturated rings. The standard InChI is InChI=1S/C16H13NO2S2.H2O/c18-15(19-10-12-6-2-1-3-7-12)11-20-16-17-13-8-4-5-9-14(13)21-16;/h1-9H,10-11H2;1H2. The van der Waals surface area contributed by atoms with E-state index in [0.717, 1.165) is 20.1 Å². The number of hydrogen-bond donors (Lipinski definition) is 0. The molecule has 0 radical (unpaired) electrons. The van der Waals surface area contributed by atoms with Gasteiger partial charge < -0.3 is 10.2 Å². The van der Waals surface area contributed by atoms with E-state index in [-0.39, 0.29) is 17.2 Å². The van der Waals surface area contributed by atoms with Crippen molar-refractivity contribution >= 4 is 39.3 Å². The van der Waals surface area contributed by atoms with Gasteiger partial charge in [-0.25, -0.2) is 4.98 Å². The molecule has 2 N–H and O–H groups in total. The fourth-order valence-corrected chi connectivity index (χ4v) is 3.68. The van der Waals surface area contributed by atoms with E-state index in [4.69, 9.17) is 4.74 Å². The lowest BCUT2D eigenvalue weighted by atomic mass is 10.2. The van der Waals surface area contributed by atoms with Gasteiger partial charge >= 0.3 is 5.97 Å². The highest BCUT2D eigenvalue weighted by atomic mass is 32.2. The van der Waals surface area contributed by atoms with Gasteiger partial charge in [0.15, 0.2) is 4.34 Å². The smallest absolute Gasteiger partial charge is 0.316 e. The van der Waals surface area contributed by atoms with Gasteiger partial charge in [0.05, 0.1) is 16.0 Å². The summed E-state index contributed by atoms with van der Waals surface area (Å²) < 4.78 is 7.27. The molecule has 0 unspecified atom stereocenters. The van der Waals surface area contributed by atoms with Gasteiger partial charge in [-0.1, -0.05) is 54.2 Å².